The molecule has 0 amide bonds. The van der Waals surface area contributed by atoms with Crippen molar-refractivity contribution in [1.29, 1.82) is 0 Å². The molecule has 2 nitrogen and oxygen atoms in total. The zero-order valence-corrected chi connectivity index (χ0v) is 7.42. The zero-order valence-electron chi connectivity index (χ0n) is 7.42. The second kappa shape index (κ2) is 2.48. The van der Waals surface area contributed by atoms with E-state index >= 15 is 0 Å². The highest BCUT2D eigenvalue weighted by atomic mass is 15.3. The number of fused-ring (bicyclic) bond motifs is 1. The summed E-state index contributed by atoms with van der Waals surface area (Å²) in [5.74, 6) is 1.92. The maximum atomic E-state index is 4.53. The fraction of sp³-hybridized carbons (Fsp3) is 0.900. The van der Waals surface area contributed by atoms with Gasteiger partial charge in [-0.25, -0.2) is 0 Å². The van der Waals surface area contributed by atoms with Crippen molar-refractivity contribution in [3.63, 3.8) is 0 Å². The van der Waals surface area contributed by atoms with Crippen LogP contribution >= 0.6 is 0 Å². The molecule has 2 atom stereocenters. The number of hydrogen-bond acceptors (Lipinski definition) is 2. The number of nitrogens with zero attached hydrogens (tertiary/aromatic N) is 1. The predicted octanol–water partition coefficient (Wildman–Crippen LogP) is 1.91. The fourth-order valence-electron chi connectivity index (χ4n) is 2.23. The molecule has 12 heavy (non-hydrogen) atoms. The molecule has 3 aliphatic rings. The van der Waals surface area contributed by atoms with Crippen LogP contribution in [0.25, 0.3) is 0 Å². The third-order valence-electron chi connectivity index (χ3n) is 3.33. The number of rotatable bonds is 2. The van der Waals surface area contributed by atoms with Gasteiger partial charge in [0.1, 0.15) is 0 Å². The van der Waals surface area contributed by atoms with Crippen LogP contribution in [0, 0.1) is 11.8 Å². The molecule has 0 unspecified atom stereocenters. The molecule has 0 aromatic heterocycles. The Morgan fingerprint density at radius 1 is 1.25 bits per heavy atom. The topological polar surface area (TPSA) is 24.4 Å². The molecule has 0 aromatic rings. The molecule has 0 heterocycles. The van der Waals surface area contributed by atoms with Crippen molar-refractivity contribution >= 4 is 5.71 Å². The van der Waals surface area contributed by atoms with Crippen molar-refractivity contribution in [3.8, 4) is 0 Å². The molecular weight excluding hydrogens is 148 g/mol. The molecule has 0 bridgehead atoms. The SMILES string of the molecule is C1C/C(=N\NC2CC2)[C@@H]2C[C@@H]2C1. The molecule has 2 heteroatoms. The first-order valence-electron chi connectivity index (χ1n) is 5.25. The van der Waals surface area contributed by atoms with E-state index in [9.17, 15) is 0 Å². The van der Waals surface area contributed by atoms with Gasteiger partial charge in [0.05, 0.1) is 0 Å². The van der Waals surface area contributed by atoms with E-state index in [-0.39, 0.29) is 0 Å². The van der Waals surface area contributed by atoms with Gasteiger partial charge in [-0.05, 0) is 44.4 Å². The summed E-state index contributed by atoms with van der Waals surface area (Å²) < 4.78 is 0. The molecule has 3 saturated carbocycles. The number of hydrogen-bond donors (Lipinski definition) is 1. The standard InChI is InChI=1S/C10H16N2/c1-2-7-6-9(7)10(3-1)12-11-8-4-5-8/h7-9,11H,1-6H2/b12-10+/t7-,9+/m0/s1. The molecule has 0 radical (unpaired) electrons. The van der Waals surface area contributed by atoms with Crippen molar-refractivity contribution < 1.29 is 0 Å². The summed E-state index contributed by atoms with van der Waals surface area (Å²) in [6.07, 6.45) is 8.22. The molecular formula is C10H16N2. The van der Waals surface area contributed by atoms with Gasteiger partial charge in [0, 0.05) is 17.7 Å². The van der Waals surface area contributed by atoms with E-state index in [1.165, 1.54) is 44.2 Å². The maximum Gasteiger partial charge on any atom is 0.0441 e. The Kier molecular flexibility index (Phi) is 1.43. The monoisotopic (exact) mass is 164 g/mol. The van der Waals surface area contributed by atoms with Crippen molar-refractivity contribution in [1.82, 2.24) is 5.43 Å². The van der Waals surface area contributed by atoms with Gasteiger partial charge in [0.25, 0.3) is 0 Å². The average Bonchev–Trinajstić information content (AvgIpc) is 2.95. The molecule has 3 rings (SSSR count). The molecule has 3 fully saturated rings. The van der Waals surface area contributed by atoms with E-state index in [2.05, 4.69) is 10.5 Å². The number of hydrazone groups is 1. The van der Waals surface area contributed by atoms with Gasteiger partial charge >= 0.3 is 0 Å². The minimum Gasteiger partial charge on any atom is -0.307 e. The van der Waals surface area contributed by atoms with E-state index in [4.69, 9.17) is 0 Å². The van der Waals surface area contributed by atoms with Crippen LogP contribution in [0.1, 0.15) is 38.5 Å². The van der Waals surface area contributed by atoms with Crippen LogP contribution in [0.15, 0.2) is 5.10 Å². The highest BCUT2D eigenvalue weighted by molar-refractivity contribution is 5.89. The Morgan fingerprint density at radius 2 is 2.17 bits per heavy atom. The summed E-state index contributed by atoms with van der Waals surface area (Å²) in [6, 6.07) is 0.733. The Balaban J connectivity index is 1.61. The third-order valence-corrected chi connectivity index (χ3v) is 3.33. The van der Waals surface area contributed by atoms with Gasteiger partial charge in [-0.1, -0.05) is 0 Å². The molecule has 66 valence electrons. The van der Waals surface area contributed by atoms with Gasteiger partial charge in [0.2, 0.25) is 0 Å². The van der Waals surface area contributed by atoms with Gasteiger partial charge in [-0.2, -0.15) is 5.10 Å². The lowest BCUT2D eigenvalue weighted by Crippen LogP contribution is -2.16. The van der Waals surface area contributed by atoms with E-state index in [1.807, 2.05) is 0 Å². The van der Waals surface area contributed by atoms with Crippen molar-refractivity contribution in [2.45, 2.75) is 44.6 Å². The lowest BCUT2D eigenvalue weighted by atomic mass is 9.99. The predicted molar refractivity (Wildman–Crippen MR) is 49.0 cm³/mol. The maximum absolute atomic E-state index is 4.53. The first-order valence-corrected chi connectivity index (χ1v) is 5.25. The summed E-state index contributed by atoms with van der Waals surface area (Å²) >= 11 is 0. The van der Waals surface area contributed by atoms with Crippen LogP contribution in [0.4, 0.5) is 0 Å². The van der Waals surface area contributed by atoms with Crippen LogP contribution in [0.5, 0.6) is 0 Å². The summed E-state index contributed by atoms with van der Waals surface area (Å²) in [6.45, 7) is 0. The van der Waals surface area contributed by atoms with Crippen molar-refractivity contribution in [2.75, 3.05) is 0 Å². The van der Waals surface area contributed by atoms with Crippen LogP contribution in [0.3, 0.4) is 0 Å². The van der Waals surface area contributed by atoms with Crippen LogP contribution < -0.4 is 5.43 Å². The Bertz CT molecular complexity index is 218. The van der Waals surface area contributed by atoms with Gasteiger partial charge < -0.3 is 5.43 Å². The minimum atomic E-state index is 0.733. The Morgan fingerprint density at radius 3 is 3.00 bits per heavy atom. The third kappa shape index (κ3) is 1.23. The number of nitrogens with one attached hydrogen (secondary N) is 1. The molecule has 0 aromatic carbocycles. The highest BCUT2D eigenvalue weighted by Gasteiger charge is 2.43. The van der Waals surface area contributed by atoms with Gasteiger partial charge in [-0.3, -0.25) is 0 Å². The summed E-state index contributed by atoms with van der Waals surface area (Å²) in [5.41, 5.74) is 4.76. The molecule has 1 N–H and O–H groups in total. The lowest BCUT2D eigenvalue weighted by molar-refractivity contribution is 0.615. The first kappa shape index (κ1) is 6.93. The van der Waals surface area contributed by atoms with E-state index in [0.29, 0.717) is 0 Å². The van der Waals surface area contributed by atoms with Gasteiger partial charge in [-0.15, -0.1) is 0 Å². The average molecular weight is 164 g/mol. The molecule has 0 aliphatic heterocycles. The van der Waals surface area contributed by atoms with Crippen molar-refractivity contribution in [2.24, 2.45) is 16.9 Å². The zero-order chi connectivity index (χ0) is 7.97. The first-order chi connectivity index (χ1) is 5.93. The summed E-state index contributed by atoms with van der Waals surface area (Å²) in [7, 11) is 0. The van der Waals surface area contributed by atoms with E-state index in [0.717, 1.165) is 17.9 Å². The van der Waals surface area contributed by atoms with Gasteiger partial charge in [0.15, 0.2) is 0 Å². The summed E-state index contributed by atoms with van der Waals surface area (Å²) in [5, 5.41) is 4.53. The quantitative estimate of drug-likeness (QED) is 0.619. The fourth-order valence-corrected chi connectivity index (χ4v) is 2.23. The second-order valence-corrected chi connectivity index (χ2v) is 4.50. The van der Waals surface area contributed by atoms with Crippen LogP contribution in [0.2, 0.25) is 0 Å². The normalized spacial score (nSPS) is 42.5. The molecule has 3 aliphatic carbocycles. The lowest BCUT2D eigenvalue weighted by Gasteiger charge is -2.11. The minimum absolute atomic E-state index is 0.733. The van der Waals surface area contributed by atoms with Crippen LogP contribution in [-0.4, -0.2) is 11.8 Å². The summed E-state index contributed by atoms with van der Waals surface area (Å²) in [4.78, 5) is 0. The largest absolute Gasteiger partial charge is 0.307 e. The Hall–Kier alpha value is -0.530. The van der Waals surface area contributed by atoms with Crippen LogP contribution in [-0.2, 0) is 0 Å². The smallest absolute Gasteiger partial charge is 0.0441 e. The van der Waals surface area contributed by atoms with Crippen molar-refractivity contribution in [3.05, 3.63) is 0 Å². The second-order valence-electron chi connectivity index (χ2n) is 4.50. The molecule has 0 saturated heterocycles. The highest BCUT2D eigenvalue weighted by Crippen LogP contribution is 2.47. The molecule has 0 spiro atoms. The van der Waals surface area contributed by atoms with E-state index in [1.54, 1.807) is 0 Å². The Labute approximate surface area is 73.4 Å². The van der Waals surface area contributed by atoms with E-state index < -0.39 is 0 Å².